The minimum absolute atomic E-state index is 0. The first kappa shape index (κ1) is 46.6. The van der Waals surface area contributed by atoms with Crippen molar-refractivity contribution >= 4 is 100 Å². The number of amides is 2. The number of carbonyl (C=O) groups is 4. The molecule has 1 aromatic carbocycles. The highest BCUT2D eigenvalue weighted by Gasteiger charge is 2.39. The van der Waals surface area contributed by atoms with Gasteiger partial charge >= 0.3 is 19.6 Å². The van der Waals surface area contributed by atoms with Gasteiger partial charge in [-0.1, -0.05) is 30.3 Å². The standard InChI is InChI=1S/C26H40Cl4N5O10PS.ClH/c27-8-12-34(13-9-28)46(42,35(14-10-29)15-11-30)45-16-17-47(43,44)18-21(32-22(36)7-6-20(31)25(38)39)24(37)33-23(26(40)41)19-4-2-1-3-5-19;/h1-5,20-21,23H,6-18,31H2,(H,32,36)(H,33,37)(H,38,39)(H,40,41);1H/t20-,21+,23+;/m0./s1. The van der Waals surface area contributed by atoms with Crippen LogP contribution in [-0.2, 0) is 38.1 Å². The van der Waals surface area contributed by atoms with Gasteiger partial charge in [-0.3, -0.25) is 18.9 Å². The second kappa shape index (κ2) is 23.9. The number of nitrogens with zero attached hydrogens (tertiary/aromatic N) is 2. The molecule has 2 amide bonds. The number of rotatable bonds is 25. The highest BCUT2D eigenvalue weighted by atomic mass is 35.5. The summed E-state index contributed by atoms with van der Waals surface area (Å²) >= 11 is 23.6. The van der Waals surface area contributed by atoms with Crippen molar-refractivity contribution in [1.82, 2.24) is 20.0 Å². The minimum Gasteiger partial charge on any atom is -0.480 e. The highest BCUT2D eigenvalue weighted by Crippen LogP contribution is 2.54. The third-order valence-corrected chi connectivity index (χ3v) is 11.5. The van der Waals surface area contributed by atoms with Gasteiger partial charge in [0.1, 0.15) is 12.1 Å². The van der Waals surface area contributed by atoms with Crippen LogP contribution in [0.2, 0.25) is 0 Å². The van der Waals surface area contributed by atoms with E-state index in [-0.39, 0.29) is 74.1 Å². The number of hydrogen-bond acceptors (Lipinski definition) is 9. The number of sulfone groups is 1. The van der Waals surface area contributed by atoms with Crippen molar-refractivity contribution in [2.75, 3.05) is 67.8 Å². The smallest absolute Gasteiger partial charge is 0.346 e. The van der Waals surface area contributed by atoms with E-state index in [2.05, 4.69) is 10.6 Å². The SMILES string of the molecule is Cl.N[C@@H](CCC(=O)N[C@H](CS(=O)(=O)CCOP(=O)(N(CCCl)CCCl)N(CCCl)CCCl)C(=O)N[C@@H](C(=O)O)c1ccccc1)C(=O)O. The number of carbonyl (C=O) groups excluding carboxylic acids is 2. The molecule has 0 heterocycles. The lowest BCUT2D eigenvalue weighted by molar-refractivity contribution is -0.142. The Morgan fingerprint density at radius 1 is 0.875 bits per heavy atom. The van der Waals surface area contributed by atoms with Crippen molar-refractivity contribution in [3.05, 3.63) is 35.9 Å². The van der Waals surface area contributed by atoms with Crippen LogP contribution in [0.4, 0.5) is 0 Å². The number of nitrogens with two attached hydrogens (primary N) is 1. The van der Waals surface area contributed by atoms with Crippen LogP contribution in [0.5, 0.6) is 0 Å². The van der Waals surface area contributed by atoms with Crippen LogP contribution in [-0.4, -0.2) is 132 Å². The molecule has 0 saturated carbocycles. The van der Waals surface area contributed by atoms with Crippen molar-refractivity contribution in [2.24, 2.45) is 5.73 Å². The summed E-state index contributed by atoms with van der Waals surface area (Å²) in [6.45, 7) is -0.327. The average Bonchev–Trinajstić information content (AvgIpc) is 3.01. The molecule has 0 fully saturated rings. The molecule has 0 spiro atoms. The molecular weight excluding hydrogens is 783 g/mol. The molecule has 0 aromatic heterocycles. The average molecular weight is 824 g/mol. The molecule has 1 rings (SSSR count). The highest BCUT2D eigenvalue weighted by molar-refractivity contribution is 7.91. The number of benzene rings is 1. The zero-order valence-corrected chi connectivity index (χ0v) is 31.3. The molecule has 6 N–H and O–H groups in total. The van der Waals surface area contributed by atoms with E-state index >= 15 is 0 Å². The Hall–Kier alpha value is -1.43. The van der Waals surface area contributed by atoms with Crippen molar-refractivity contribution in [1.29, 1.82) is 0 Å². The van der Waals surface area contributed by atoms with Crippen LogP contribution in [0.3, 0.4) is 0 Å². The van der Waals surface area contributed by atoms with Crippen LogP contribution >= 0.6 is 66.5 Å². The fourth-order valence-corrected chi connectivity index (χ4v) is 9.20. The number of aliphatic carboxylic acids is 2. The van der Waals surface area contributed by atoms with E-state index in [1.807, 2.05) is 0 Å². The summed E-state index contributed by atoms with van der Waals surface area (Å²) in [4.78, 5) is 48.9. The summed E-state index contributed by atoms with van der Waals surface area (Å²) in [5, 5.41) is 23.2. The summed E-state index contributed by atoms with van der Waals surface area (Å²) in [7, 11) is -8.26. The summed E-state index contributed by atoms with van der Waals surface area (Å²) in [6.07, 6.45) is -0.798. The summed E-state index contributed by atoms with van der Waals surface area (Å²) < 4.78 is 49.2. The van der Waals surface area contributed by atoms with Crippen LogP contribution in [0.15, 0.2) is 30.3 Å². The predicted molar refractivity (Wildman–Crippen MR) is 187 cm³/mol. The number of nitrogens with one attached hydrogen (secondary N) is 2. The normalized spacial score (nSPS) is 13.7. The lowest BCUT2D eigenvalue weighted by Crippen LogP contribution is -2.52. The first-order valence-electron chi connectivity index (χ1n) is 14.2. The van der Waals surface area contributed by atoms with Crippen molar-refractivity contribution in [3.8, 4) is 0 Å². The number of hydrogen-bond donors (Lipinski definition) is 5. The van der Waals surface area contributed by atoms with Crippen molar-refractivity contribution in [3.63, 3.8) is 0 Å². The molecule has 0 bridgehead atoms. The molecule has 0 aliphatic rings. The third-order valence-electron chi connectivity index (χ3n) is 6.48. The second-order valence-corrected chi connectivity index (χ2v) is 16.0. The first-order chi connectivity index (χ1) is 22.1. The van der Waals surface area contributed by atoms with Crippen molar-refractivity contribution < 1.29 is 46.9 Å². The number of halogens is 5. The number of carboxylic acid groups (broad SMARTS) is 2. The zero-order chi connectivity index (χ0) is 35.6. The maximum atomic E-state index is 14.2. The summed E-state index contributed by atoms with van der Waals surface area (Å²) in [6, 6.07) is 2.77. The molecule has 0 radical (unpaired) electrons. The Bertz CT molecular complexity index is 1290. The van der Waals surface area contributed by atoms with Gasteiger partial charge in [0, 0.05) is 56.1 Å². The second-order valence-electron chi connectivity index (χ2n) is 9.90. The third kappa shape index (κ3) is 16.1. The fourth-order valence-electron chi connectivity index (χ4n) is 4.12. The van der Waals surface area contributed by atoms with E-state index in [0.717, 1.165) is 0 Å². The minimum atomic E-state index is -4.29. The maximum Gasteiger partial charge on any atom is 0.346 e. The molecule has 48 heavy (non-hydrogen) atoms. The molecule has 276 valence electrons. The van der Waals surface area contributed by atoms with Crippen LogP contribution in [0, 0.1) is 0 Å². The van der Waals surface area contributed by atoms with E-state index in [1.165, 1.54) is 33.6 Å². The van der Waals surface area contributed by atoms with E-state index in [0.29, 0.717) is 0 Å². The molecule has 0 aliphatic heterocycles. The molecule has 3 atom stereocenters. The Morgan fingerprint density at radius 2 is 1.38 bits per heavy atom. The molecule has 1 aromatic rings. The van der Waals surface area contributed by atoms with Crippen LogP contribution in [0.25, 0.3) is 0 Å². The van der Waals surface area contributed by atoms with Gasteiger partial charge in [0.05, 0.1) is 18.1 Å². The van der Waals surface area contributed by atoms with Gasteiger partial charge in [-0.05, 0) is 12.0 Å². The van der Waals surface area contributed by atoms with E-state index in [9.17, 15) is 37.3 Å². The largest absolute Gasteiger partial charge is 0.480 e. The lowest BCUT2D eigenvalue weighted by Gasteiger charge is -2.37. The Kier molecular flexibility index (Phi) is 23.2. The van der Waals surface area contributed by atoms with E-state index in [1.54, 1.807) is 6.07 Å². The van der Waals surface area contributed by atoms with E-state index < -0.39 is 83.9 Å². The lowest BCUT2D eigenvalue weighted by atomic mass is 10.1. The van der Waals surface area contributed by atoms with E-state index in [4.69, 9.17) is 61.8 Å². The monoisotopic (exact) mass is 821 g/mol. The number of alkyl halides is 4. The molecule has 15 nitrogen and oxygen atoms in total. The molecule has 0 unspecified atom stereocenters. The van der Waals surface area contributed by atoms with Gasteiger partial charge in [0.15, 0.2) is 15.9 Å². The quantitative estimate of drug-likeness (QED) is 0.0705. The maximum absolute atomic E-state index is 14.2. The Labute approximate surface area is 306 Å². The molecular formula is C26H41Cl5N5O10PS. The van der Waals surface area contributed by atoms with Gasteiger partial charge < -0.3 is 31.1 Å². The van der Waals surface area contributed by atoms with Gasteiger partial charge in [-0.15, -0.1) is 58.8 Å². The summed E-state index contributed by atoms with van der Waals surface area (Å²) in [5.41, 5.74) is 5.61. The zero-order valence-electron chi connectivity index (χ0n) is 25.7. The van der Waals surface area contributed by atoms with Gasteiger partial charge in [0.25, 0.3) is 0 Å². The van der Waals surface area contributed by atoms with Crippen LogP contribution in [0.1, 0.15) is 24.4 Å². The molecule has 22 heteroatoms. The van der Waals surface area contributed by atoms with Crippen LogP contribution < -0.4 is 16.4 Å². The molecule has 0 aliphatic carbocycles. The predicted octanol–water partition coefficient (Wildman–Crippen LogP) is 2.13. The summed E-state index contributed by atoms with van der Waals surface area (Å²) in [5.74, 6) is -6.46. The fraction of sp³-hybridized carbons (Fsp3) is 0.615. The Morgan fingerprint density at radius 3 is 1.81 bits per heavy atom. The number of carboxylic acids is 2. The molecule has 0 saturated heterocycles. The first-order valence-corrected chi connectivity index (χ1v) is 19.7. The van der Waals surface area contributed by atoms with Gasteiger partial charge in [0.2, 0.25) is 11.8 Å². The van der Waals surface area contributed by atoms with Gasteiger partial charge in [-0.2, -0.15) is 0 Å². The Balaban J connectivity index is 0.0000221. The van der Waals surface area contributed by atoms with Gasteiger partial charge in [-0.25, -0.2) is 22.6 Å². The van der Waals surface area contributed by atoms with Crippen molar-refractivity contribution in [2.45, 2.75) is 31.0 Å². The topological polar surface area (TPSA) is 226 Å².